The van der Waals surface area contributed by atoms with E-state index in [2.05, 4.69) is 66.5 Å². The van der Waals surface area contributed by atoms with Crippen molar-refractivity contribution in [1.29, 1.82) is 0 Å². The van der Waals surface area contributed by atoms with Gasteiger partial charge in [-0.25, -0.2) is 14.6 Å². The van der Waals surface area contributed by atoms with E-state index in [1.54, 1.807) is 4.90 Å². The first-order chi connectivity index (χ1) is 18.1. The summed E-state index contributed by atoms with van der Waals surface area (Å²) in [4.78, 5) is 24.2. The van der Waals surface area contributed by atoms with E-state index >= 15 is 0 Å². The smallest absolute Gasteiger partial charge is 0.233 e. The van der Waals surface area contributed by atoms with Gasteiger partial charge in [-0.1, -0.05) is 69.5 Å². The molecule has 4 aromatic rings. The van der Waals surface area contributed by atoms with Gasteiger partial charge in [0.15, 0.2) is 5.82 Å². The van der Waals surface area contributed by atoms with E-state index in [4.69, 9.17) is 4.98 Å². The Morgan fingerprint density at radius 1 is 0.973 bits per heavy atom. The van der Waals surface area contributed by atoms with Gasteiger partial charge in [0.2, 0.25) is 5.91 Å². The fourth-order valence-electron chi connectivity index (χ4n) is 5.69. The molecule has 1 amide bonds. The number of fused-ring (bicyclic) bond motifs is 1. The van der Waals surface area contributed by atoms with Crippen molar-refractivity contribution in [3.8, 4) is 17.1 Å². The number of aromatic nitrogens is 4. The molecule has 2 aromatic heterocycles. The second-order valence-corrected chi connectivity index (χ2v) is 10.7. The van der Waals surface area contributed by atoms with Gasteiger partial charge in [-0.3, -0.25) is 9.69 Å². The minimum atomic E-state index is 0.0619. The molecule has 2 aliphatic rings. The zero-order chi connectivity index (χ0) is 25.4. The highest BCUT2D eigenvalue weighted by molar-refractivity contribution is 6.00. The van der Waals surface area contributed by atoms with Gasteiger partial charge in [0.1, 0.15) is 5.82 Å². The maximum atomic E-state index is 12.9. The quantitative estimate of drug-likeness (QED) is 0.305. The van der Waals surface area contributed by atoms with Gasteiger partial charge in [-0.2, -0.15) is 5.10 Å². The Labute approximate surface area is 218 Å². The van der Waals surface area contributed by atoms with Crippen molar-refractivity contribution in [2.24, 2.45) is 0 Å². The Balaban J connectivity index is 1.22. The average Bonchev–Trinajstić information content (AvgIpc) is 3.54. The normalized spacial score (nSPS) is 16.0. The van der Waals surface area contributed by atoms with E-state index in [-0.39, 0.29) is 5.91 Å². The Morgan fingerprint density at radius 2 is 1.76 bits per heavy atom. The summed E-state index contributed by atoms with van der Waals surface area (Å²) in [6.45, 7) is 4.83. The van der Waals surface area contributed by atoms with Crippen LogP contribution in [0.2, 0.25) is 0 Å². The summed E-state index contributed by atoms with van der Waals surface area (Å²) in [6.07, 6.45) is 12.9. The summed E-state index contributed by atoms with van der Waals surface area (Å²) in [5.41, 5.74) is 6.56. The standard InChI is InChI=1S/C31H33N5O/c1-21(2)27-10-6-7-11-28(27)30-32-17-24-16-29(37)35(31(24)34-30)19-22-12-14-26(15-13-22)36-20-25(18-33-36)23-8-4-3-5-9-23/h6-7,10-15,17-18,20-21,23H,3-5,8-9,16,19H2,1-2H3. The van der Waals surface area contributed by atoms with Crippen LogP contribution in [0.1, 0.15) is 80.0 Å². The van der Waals surface area contributed by atoms with E-state index < -0.39 is 0 Å². The molecule has 0 saturated heterocycles. The Morgan fingerprint density at radius 3 is 2.54 bits per heavy atom. The fourth-order valence-corrected chi connectivity index (χ4v) is 5.69. The molecule has 1 aliphatic heterocycles. The van der Waals surface area contributed by atoms with Crippen molar-refractivity contribution < 1.29 is 4.79 Å². The molecule has 37 heavy (non-hydrogen) atoms. The second kappa shape index (κ2) is 9.92. The summed E-state index contributed by atoms with van der Waals surface area (Å²) in [5.74, 6) is 2.46. The van der Waals surface area contributed by atoms with Crippen LogP contribution in [0, 0.1) is 0 Å². The van der Waals surface area contributed by atoms with Crippen molar-refractivity contribution in [3.63, 3.8) is 0 Å². The van der Waals surface area contributed by atoms with E-state index in [0.29, 0.717) is 30.6 Å². The van der Waals surface area contributed by atoms with Gasteiger partial charge in [0, 0.05) is 23.5 Å². The van der Waals surface area contributed by atoms with Crippen LogP contribution in [-0.2, 0) is 17.8 Å². The van der Waals surface area contributed by atoms with Gasteiger partial charge in [0.05, 0.1) is 24.8 Å². The lowest BCUT2D eigenvalue weighted by molar-refractivity contribution is -0.117. The Bertz CT molecular complexity index is 1420. The number of nitrogens with zero attached hydrogens (tertiary/aromatic N) is 5. The first-order valence-electron chi connectivity index (χ1n) is 13.5. The fraction of sp³-hybridized carbons (Fsp3) is 0.355. The number of rotatable bonds is 6. The van der Waals surface area contributed by atoms with Crippen molar-refractivity contribution in [2.45, 2.75) is 70.8 Å². The number of hydrogen-bond donors (Lipinski definition) is 0. The second-order valence-electron chi connectivity index (χ2n) is 10.7. The molecule has 3 heterocycles. The minimum Gasteiger partial charge on any atom is -0.292 e. The van der Waals surface area contributed by atoms with E-state index in [1.807, 2.05) is 29.2 Å². The SMILES string of the molecule is CC(C)c1ccccc1-c1ncc2c(n1)N(Cc1ccc(-n3cc(C4CCCCC4)cn3)cc1)C(=O)C2. The largest absolute Gasteiger partial charge is 0.292 e. The zero-order valence-corrected chi connectivity index (χ0v) is 21.6. The molecule has 1 aliphatic carbocycles. The molecule has 0 radical (unpaired) electrons. The highest BCUT2D eigenvalue weighted by Gasteiger charge is 2.30. The molecule has 6 rings (SSSR count). The molecule has 6 heteroatoms. The molecule has 0 spiro atoms. The molecule has 0 bridgehead atoms. The zero-order valence-electron chi connectivity index (χ0n) is 21.6. The van der Waals surface area contributed by atoms with Gasteiger partial charge in [-0.05, 0) is 53.5 Å². The summed E-state index contributed by atoms with van der Waals surface area (Å²) in [5, 5.41) is 4.63. The predicted octanol–water partition coefficient (Wildman–Crippen LogP) is 6.59. The molecule has 0 unspecified atom stereocenters. The third-order valence-electron chi connectivity index (χ3n) is 7.78. The summed E-state index contributed by atoms with van der Waals surface area (Å²) in [7, 11) is 0. The third kappa shape index (κ3) is 4.68. The van der Waals surface area contributed by atoms with E-state index in [0.717, 1.165) is 28.2 Å². The van der Waals surface area contributed by atoms with Crippen LogP contribution >= 0.6 is 0 Å². The van der Waals surface area contributed by atoms with Crippen LogP contribution in [0.25, 0.3) is 17.1 Å². The van der Waals surface area contributed by atoms with Crippen molar-refractivity contribution >= 4 is 11.7 Å². The minimum absolute atomic E-state index is 0.0619. The van der Waals surface area contributed by atoms with E-state index in [9.17, 15) is 4.79 Å². The number of carbonyl (C=O) groups excluding carboxylic acids is 1. The highest BCUT2D eigenvalue weighted by Crippen LogP contribution is 2.34. The van der Waals surface area contributed by atoms with Crippen LogP contribution in [-0.4, -0.2) is 25.7 Å². The monoisotopic (exact) mass is 491 g/mol. The first kappa shape index (κ1) is 23.6. The van der Waals surface area contributed by atoms with Crippen LogP contribution in [0.4, 0.5) is 5.82 Å². The molecule has 1 saturated carbocycles. The van der Waals surface area contributed by atoms with Crippen LogP contribution in [0.3, 0.4) is 0 Å². The molecular weight excluding hydrogens is 458 g/mol. The number of amides is 1. The maximum absolute atomic E-state index is 12.9. The van der Waals surface area contributed by atoms with Gasteiger partial charge >= 0.3 is 0 Å². The third-order valence-corrected chi connectivity index (χ3v) is 7.78. The molecular formula is C31H33N5O. The van der Waals surface area contributed by atoms with Gasteiger partial charge in [0.25, 0.3) is 0 Å². The van der Waals surface area contributed by atoms with Crippen LogP contribution < -0.4 is 4.90 Å². The van der Waals surface area contributed by atoms with Crippen molar-refractivity contribution in [3.05, 3.63) is 89.4 Å². The topological polar surface area (TPSA) is 63.9 Å². The first-order valence-corrected chi connectivity index (χ1v) is 13.5. The average molecular weight is 492 g/mol. The number of hydrogen-bond acceptors (Lipinski definition) is 4. The lowest BCUT2D eigenvalue weighted by Gasteiger charge is -2.19. The molecule has 188 valence electrons. The maximum Gasteiger partial charge on any atom is 0.233 e. The van der Waals surface area contributed by atoms with Crippen LogP contribution in [0.5, 0.6) is 0 Å². The van der Waals surface area contributed by atoms with E-state index in [1.165, 1.54) is 43.2 Å². The Hall–Kier alpha value is -3.80. The van der Waals surface area contributed by atoms with Gasteiger partial charge < -0.3 is 0 Å². The lowest BCUT2D eigenvalue weighted by Crippen LogP contribution is -2.26. The summed E-state index contributed by atoms with van der Waals surface area (Å²) < 4.78 is 1.97. The number of carbonyl (C=O) groups is 1. The van der Waals surface area contributed by atoms with Crippen LogP contribution in [0.15, 0.2) is 67.1 Å². The molecule has 1 fully saturated rings. The molecule has 2 aromatic carbocycles. The summed E-state index contributed by atoms with van der Waals surface area (Å²) in [6, 6.07) is 16.6. The molecule has 0 N–H and O–H groups in total. The number of benzene rings is 2. The molecule has 6 nitrogen and oxygen atoms in total. The lowest BCUT2D eigenvalue weighted by atomic mass is 9.86. The highest BCUT2D eigenvalue weighted by atomic mass is 16.2. The summed E-state index contributed by atoms with van der Waals surface area (Å²) >= 11 is 0. The van der Waals surface area contributed by atoms with Crippen molar-refractivity contribution in [2.75, 3.05) is 4.90 Å². The molecule has 0 atom stereocenters. The Kier molecular flexibility index (Phi) is 6.33. The van der Waals surface area contributed by atoms with Crippen molar-refractivity contribution in [1.82, 2.24) is 19.7 Å². The number of anilines is 1. The van der Waals surface area contributed by atoms with Gasteiger partial charge in [-0.15, -0.1) is 0 Å². The predicted molar refractivity (Wildman–Crippen MR) is 146 cm³/mol.